The molecule has 0 spiro atoms. The molecule has 6 heteroatoms. The van der Waals surface area contributed by atoms with Crippen molar-refractivity contribution in [2.45, 2.75) is 26.2 Å². The third kappa shape index (κ3) is 5.51. The van der Waals surface area contributed by atoms with Crippen LogP contribution in [0.4, 0.5) is 10.8 Å². The minimum atomic E-state index is -0.101. The molecule has 1 fully saturated rings. The van der Waals surface area contributed by atoms with E-state index in [0.29, 0.717) is 16.7 Å². The van der Waals surface area contributed by atoms with E-state index in [9.17, 15) is 9.59 Å². The molecule has 3 aromatic rings. The normalized spacial score (nSPS) is 14.6. The molecule has 1 saturated heterocycles. The molecule has 4 rings (SSSR count). The van der Waals surface area contributed by atoms with E-state index < -0.39 is 0 Å². The van der Waals surface area contributed by atoms with Gasteiger partial charge in [0.05, 0.1) is 11.4 Å². The van der Waals surface area contributed by atoms with Crippen LogP contribution in [-0.4, -0.2) is 34.8 Å². The highest BCUT2D eigenvalue weighted by molar-refractivity contribution is 7.14. The van der Waals surface area contributed by atoms with Crippen molar-refractivity contribution in [3.63, 3.8) is 0 Å². The molecule has 1 aliphatic rings. The third-order valence-corrected chi connectivity index (χ3v) is 6.56. The zero-order chi connectivity index (χ0) is 22.3. The Morgan fingerprint density at radius 3 is 2.38 bits per heavy atom. The minimum Gasteiger partial charge on any atom is -0.339 e. The standard InChI is InChI=1S/C26H27N3O2S/c1-20(30)29(24-10-6-3-7-11-24)26-27-23(19-32-26)12-13-25(31)28-16-14-22(15-17-28)18-21-8-4-2-5-9-21/h2-13,19,22H,14-18H2,1H3/b13-12+. The number of hydrogen-bond donors (Lipinski definition) is 0. The molecule has 32 heavy (non-hydrogen) atoms. The van der Waals surface area contributed by atoms with Crippen LogP contribution in [0.2, 0.25) is 0 Å². The smallest absolute Gasteiger partial charge is 0.246 e. The quantitative estimate of drug-likeness (QED) is 0.483. The predicted molar refractivity (Wildman–Crippen MR) is 130 cm³/mol. The van der Waals surface area contributed by atoms with Gasteiger partial charge < -0.3 is 4.90 Å². The Labute approximate surface area is 193 Å². The predicted octanol–water partition coefficient (Wildman–Crippen LogP) is 5.32. The van der Waals surface area contributed by atoms with Crippen molar-refractivity contribution >= 4 is 40.0 Å². The van der Waals surface area contributed by atoms with Crippen LogP contribution in [0.3, 0.4) is 0 Å². The van der Waals surface area contributed by atoms with Gasteiger partial charge >= 0.3 is 0 Å². The first-order valence-corrected chi connectivity index (χ1v) is 11.8. The maximum Gasteiger partial charge on any atom is 0.246 e. The molecule has 1 aromatic heterocycles. The van der Waals surface area contributed by atoms with Gasteiger partial charge in [-0.15, -0.1) is 11.3 Å². The topological polar surface area (TPSA) is 53.5 Å². The van der Waals surface area contributed by atoms with E-state index in [-0.39, 0.29) is 11.8 Å². The van der Waals surface area contributed by atoms with E-state index in [0.717, 1.165) is 38.0 Å². The molecular formula is C26H27N3O2S. The fourth-order valence-electron chi connectivity index (χ4n) is 4.03. The Balaban J connectivity index is 1.33. The van der Waals surface area contributed by atoms with Crippen molar-refractivity contribution in [2.75, 3.05) is 18.0 Å². The lowest BCUT2D eigenvalue weighted by molar-refractivity contribution is -0.127. The summed E-state index contributed by atoms with van der Waals surface area (Å²) in [5.74, 6) is 0.543. The molecule has 0 unspecified atom stereocenters. The summed E-state index contributed by atoms with van der Waals surface area (Å²) in [6.07, 6.45) is 6.47. The number of carbonyl (C=O) groups is 2. The van der Waals surface area contributed by atoms with Gasteiger partial charge in [0.1, 0.15) is 0 Å². The van der Waals surface area contributed by atoms with Crippen LogP contribution >= 0.6 is 11.3 Å². The molecule has 0 saturated carbocycles. The zero-order valence-electron chi connectivity index (χ0n) is 18.2. The Kier molecular flexibility index (Phi) is 7.12. The summed E-state index contributed by atoms with van der Waals surface area (Å²) in [6.45, 7) is 3.10. The summed E-state index contributed by atoms with van der Waals surface area (Å²) in [7, 11) is 0. The van der Waals surface area contributed by atoms with Gasteiger partial charge in [0.2, 0.25) is 11.8 Å². The number of aromatic nitrogens is 1. The highest BCUT2D eigenvalue weighted by Gasteiger charge is 2.22. The van der Waals surface area contributed by atoms with Crippen molar-refractivity contribution in [1.82, 2.24) is 9.88 Å². The molecule has 0 N–H and O–H groups in total. The second kappa shape index (κ2) is 10.4. The number of piperidine rings is 1. The average Bonchev–Trinajstić information content (AvgIpc) is 3.27. The van der Waals surface area contributed by atoms with Crippen LogP contribution in [0.15, 0.2) is 72.1 Å². The van der Waals surface area contributed by atoms with E-state index in [1.165, 1.54) is 23.8 Å². The van der Waals surface area contributed by atoms with Crippen LogP contribution in [0.25, 0.3) is 6.08 Å². The first-order valence-electron chi connectivity index (χ1n) is 10.9. The van der Waals surface area contributed by atoms with Gasteiger partial charge in [-0.1, -0.05) is 48.5 Å². The van der Waals surface area contributed by atoms with Crippen LogP contribution in [-0.2, 0) is 16.0 Å². The lowest BCUT2D eigenvalue weighted by Gasteiger charge is -2.31. The summed E-state index contributed by atoms with van der Waals surface area (Å²) in [5, 5.41) is 2.46. The number of rotatable bonds is 6. The first-order chi connectivity index (χ1) is 15.6. The lowest BCUT2D eigenvalue weighted by atomic mass is 9.90. The fraction of sp³-hybridized carbons (Fsp3) is 0.269. The Hall–Kier alpha value is -3.25. The molecule has 0 radical (unpaired) electrons. The molecule has 5 nitrogen and oxygen atoms in total. The van der Waals surface area contributed by atoms with Gasteiger partial charge in [-0.05, 0) is 49.0 Å². The number of amides is 2. The number of benzene rings is 2. The maximum atomic E-state index is 12.7. The highest BCUT2D eigenvalue weighted by atomic mass is 32.1. The molecule has 0 aliphatic carbocycles. The Morgan fingerprint density at radius 2 is 1.72 bits per heavy atom. The van der Waals surface area contributed by atoms with Gasteiger partial charge in [-0.25, -0.2) is 4.98 Å². The fourth-order valence-corrected chi connectivity index (χ4v) is 4.88. The van der Waals surface area contributed by atoms with Crippen LogP contribution in [0.5, 0.6) is 0 Å². The number of likely N-dealkylation sites (tertiary alicyclic amines) is 1. The Bertz CT molecular complexity index is 1070. The number of hydrogen-bond acceptors (Lipinski definition) is 4. The number of para-hydroxylation sites is 1. The van der Waals surface area contributed by atoms with Crippen molar-refractivity contribution in [3.05, 3.63) is 83.4 Å². The van der Waals surface area contributed by atoms with Crippen molar-refractivity contribution < 1.29 is 9.59 Å². The summed E-state index contributed by atoms with van der Waals surface area (Å²) in [5.41, 5.74) is 2.82. The van der Waals surface area contributed by atoms with E-state index in [4.69, 9.17) is 0 Å². The summed E-state index contributed by atoms with van der Waals surface area (Å²) in [6, 6.07) is 20.0. The van der Waals surface area contributed by atoms with Crippen molar-refractivity contribution in [2.24, 2.45) is 5.92 Å². The monoisotopic (exact) mass is 445 g/mol. The van der Waals surface area contributed by atoms with Crippen LogP contribution < -0.4 is 4.90 Å². The summed E-state index contributed by atoms with van der Waals surface area (Å²) in [4.78, 5) is 32.9. The number of thiazole rings is 1. The van der Waals surface area contributed by atoms with Crippen LogP contribution in [0.1, 0.15) is 31.0 Å². The van der Waals surface area contributed by atoms with Gasteiger partial charge in [0, 0.05) is 31.5 Å². The average molecular weight is 446 g/mol. The van der Waals surface area contributed by atoms with E-state index in [1.807, 2.05) is 46.7 Å². The molecule has 1 aliphatic heterocycles. The lowest BCUT2D eigenvalue weighted by Crippen LogP contribution is -2.37. The highest BCUT2D eigenvalue weighted by Crippen LogP contribution is 2.29. The van der Waals surface area contributed by atoms with E-state index >= 15 is 0 Å². The van der Waals surface area contributed by atoms with Gasteiger partial charge in [-0.3, -0.25) is 14.5 Å². The summed E-state index contributed by atoms with van der Waals surface area (Å²) < 4.78 is 0. The molecule has 2 heterocycles. The molecule has 0 bridgehead atoms. The molecule has 164 valence electrons. The Morgan fingerprint density at radius 1 is 1.06 bits per heavy atom. The van der Waals surface area contributed by atoms with Crippen LogP contribution in [0, 0.1) is 5.92 Å². The number of nitrogens with zero attached hydrogens (tertiary/aromatic N) is 3. The van der Waals surface area contributed by atoms with Crippen molar-refractivity contribution in [1.29, 1.82) is 0 Å². The maximum absolute atomic E-state index is 12.7. The second-order valence-electron chi connectivity index (χ2n) is 8.04. The molecule has 0 atom stereocenters. The minimum absolute atomic E-state index is 0.0178. The zero-order valence-corrected chi connectivity index (χ0v) is 19.0. The van der Waals surface area contributed by atoms with Gasteiger partial charge in [0.25, 0.3) is 0 Å². The molecule has 2 amide bonds. The largest absolute Gasteiger partial charge is 0.339 e. The van der Waals surface area contributed by atoms with Crippen molar-refractivity contribution in [3.8, 4) is 0 Å². The van der Waals surface area contributed by atoms with Gasteiger partial charge in [0.15, 0.2) is 5.13 Å². The van der Waals surface area contributed by atoms with E-state index in [2.05, 4.69) is 29.2 Å². The van der Waals surface area contributed by atoms with E-state index in [1.54, 1.807) is 17.1 Å². The molecular weight excluding hydrogens is 418 g/mol. The molecule has 2 aromatic carbocycles. The number of carbonyl (C=O) groups excluding carboxylic acids is 2. The number of anilines is 2. The summed E-state index contributed by atoms with van der Waals surface area (Å²) >= 11 is 1.39. The SMILES string of the molecule is CC(=O)N(c1ccccc1)c1nc(/C=C/C(=O)N2CCC(Cc3ccccc3)CC2)cs1. The third-order valence-electron chi connectivity index (χ3n) is 5.72. The van der Waals surface area contributed by atoms with Gasteiger partial charge in [-0.2, -0.15) is 0 Å². The first kappa shape index (κ1) is 22.0. The second-order valence-corrected chi connectivity index (χ2v) is 8.87.